The van der Waals surface area contributed by atoms with E-state index in [1.165, 1.54) is 12.8 Å². The summed E-state index contributed by atoms with van der Waals surface area (Å²) in [5.74, 6) is 1.80. The molecule has 4 rings (SSSR count). The number of nitrogens with zero attached hydrogens (tertiary/aromatic N) is 4. The molecular formula is C26H30N4O2S. The van der Waals surface area contributed by atoms with Crippen LogP contribution in [-0.4, -0.2) is 37.9 Å². The molecule has 3 heterocycles. The third kappa shape index (κ3) is 5.71. The standard InChI is InChI=1S/C26H30N4O2S/c1-3-5-8-19(4-2)18-32-25(31)14-16-33-21-11-12-23-20(17-21)10-13-24-28-29-26(30(23)24)22-9-6-7-15-27-22/h6-7,9-13,15,17,19H,3-5,8,14,16,18H2,1-2H3. The fraction of sp³-hybridized carbons (Fsp3) is 0.385. The Kier molecular flexibility index (Phi) is 7.94. The normalized spacial score (nSPS) is 12.3. The number of rotatable bonds is 11. The Morgan fingerprint density at radius 2 is 2.03 bits per heavy atom. The Labute approximate surface area is 198 Å². The summed E-state index contributed by atoms with van der Waals surface area (Å²) in [6, 6.07) is 16.1. The van der Waals surface area contributed by atoms with Crippen LogP contribution in [0.25, 0.3) is 28.1 Å². The SMILES string of the molecule is CCCCC(CC)COC(=O)CCSc1ccc2c(ccc3nnc(-c4ccccn4)n32)c1. The van der Waals surface area contributed by atoms with Gasteiger partial charge in [0.25, 0.3) is 0 Å². The molecule has 0 amide bonds. The summed E-state index contributed by atoms with van der Waals surface area (Å²) in [4.78, 5) is 17.7. The molecule has 0 spiro atoms. The zero-order chi connectivity index (χ0) is 23.0. The maximum absolute atomic E-state index is 12.2. The van der Waals surface area contributed by atoms with Gasteiger partial charge in [0.1, 0.15) is 5.69 Å². The van der Waals surface area contributed by atoms with Crippen molar-refractivity contribution in [3.8, 4) is 11.5 Å². The first-order valence-corrected chi connectivity index (χ1v) is 12.7. The lowest BCUT2D eigenvalue weighted by atomic mass is 10.0. The van der Waals surface area contributed by atoms with Crippen LogP contribution in [0.1, 0.15) is 46.0 Å². The van der Waals surface area contributed by atoms with E-state index in [-0.39, 0.29) is 5.97 Å². The summed E-state index contributed by atoms with van der Waals surface area (Å²) in [6.45, 7) is 4.90. The number of hydrogen-bond donors (Lipinski definition) is 0. The van der Waals surface area contributed by atoms with E-state index in [0.29, 0.717) is 24.7 Å². The number of pyridine rings is 2. The highest BCUT2D eigenvalue weighted by Gasteiger charge is 2.13. The maximum atomic E-state index is 12.2. The molecule has 0 N–H and O–H groups in total. The van der Waals surface area contributed by atoms with E-state index in [0.717, 1.165) is 45.8 Å². The highest BCUT2D eigenvalue weighted by molar-refractivity contribution is 7.99. The molecule has 0 aliphatic carbocycles. The van der Waals surface area contributed by atoms with Crippen LogP contribution < -0.4 is 0 Å². The van der Waals surface area contributed by atoms with E-state index in [1.54, 1.807) is 18.0 Å². The zero-order valence-electron chi connectivity index (χ0n) is 19.2. The fourth-order valence-corrected chi connectivity index (χ4v) is 4.74. The van der Waals surface area contributed by atoms with Crippen molar-refractivity contribution in [3.63, 3.8) is 0 Å². The quantitative estimate of drug-likeness (QED) is 0.196. The molecule has 0 radical (unpaired) electrons. The monoisotopic (exact) mass is 462 g/mol. The van der Waals surface area contributed by atoms with Gasteiger partial charge in [0.05, 0.1) is 18.5 Å². The Bertz CT molecular complexity index is 1210. The van der Waals surface area contributed by atoms with Crippen LogP contribution >= 0.6 is 11.8 Å². The van der Waals surface area contributed by atoms with Gasteiger partial charge >= 0.3 is 5.97 Å². The summed E-state index contributed by atoms with van der Waals surface area (Å²) < 4.78 is 7.55. The molecule has 3 aromatic heterocycles. The largest absolute Gasteiger partial charge is 0.465 e. The van der Waals surface area contributed by atoms with E-state index in [4.69, 9.17) is 4.74 Å². The van der Waals surface area contributed by atoms with Crippen LogP contribution in [0.15, 0.2) is 59.6 Å². The van der Waals surface area contributed by atoms with Gasteiger partial charge in [0.2, 0.25) is 0 Å². The van der Waals surface area contributed by atoms with Crippen molar-refractivity contribution >= 4 is 34.3 Å². The average molecular weight is 463 g/mol. The number of ether oxygens (including phenoxy) is 1. The number of unbranched alkanes of at least 4 members (excludes halogenated alkanes) is 1. The molecule has 6 nitrogen and oxygen atoms in total. The van der Waals surface area contributed by atoms with Crippen molar-refractivity contribution in [2.45, 2.75) is 50.8 Å². The maximum Gasteiger partial charge on any atom is 0.306 e. The van der Waals surface area contributed by atoms with Gasteiger partial charge in [-0.05, 0) is 60.2 Å². The zero-order valence-corrected chi connectivity index (χ0v) is 20.1. The van der Waals surface area contributed by atoms with E-state index in [2.05, 4.69) is 53.3 Å². The second-order valence-corrected chi connectivity index (χ2v) is 9.35. The Morgan fingerprint density at radius 1 is 1.12 bits per heavy atom. The molecule has 1 aromatic carbocycles. The molecule has 172 valence electrons. The Balaban J connectivity index is 1.40. The van der Waals surface area contributed by atoms with Crippen LogP contribution in [0.5, 0.6) is 0 Å². The number of fused-ring (bicyclic) bond motifs is 3. The van der Waals surface area contributed by atoms with Crippen LogP contribution in [0.3, 0.4) is 0 Å². The molecule has 0 aliphatic rings. The summed E-state index contributed by atoms with van der Waals surface area (Å²) in [5, 5.41) is 9.75. The van der Waals surface area contributed by atoms with Gasteiger partial charge in [-0.1, -0.05) is 39.2 Å². The van der Waals surface area contributed by atoms with E-state index >= 15 is 0 Å². The molecule has 4 aromatic rings. The predicted molar refractivity (Wildman–Crippen MR) is 133 cm³/mol. The van der Waals surface area contributed by atoms with Crippen molar-refractivity contribution in [2.24, 2.45) is 5.92 Å². The van der Waals surface area contributed by atoms with Crippen molar-refractivity contribution < 1.29 is 9.53 Å². The molecular weight excluding hydrogens is 432 g/mol. The van der Waals surface area contributed by atoms with Gasteiger partial charge in [-0.25, -0.2) is 0 Å². The van der Waals surface area contributed by atoms with Crippen LogP contribution in [0.4, 0.5) is 0 Å². The fourth-order valence-electron chi connectivity index (χ4n) is 3.86. The van der Waals surface area contributed by atoms with E-state index < -0.39 is 0 Å². The second kappa shape index (κ2) is 11.3. The lowest BCUT2D eigenvalue weighted by Gasteiger charge is -2.14. The first-order chi connectivity index (χ1) is 16.2. The minimum atomic E-state index is -0.107. The summed E-state index contributed by atoms with van der Waals surface area (Å²) in [5.41, 5.74) is 2.60. The molecule has 0 aliphatic heterocycles. The van der Waals surface area contributed by atoms with Gasteiger partial charge in [0.15, 0.2) is 11.5 Å². The molecule has 0 fully saturated rings. The second-order valence-electron chi connectivity index (χ2n) is 8.18. The smallest absolute Gasteiger partial charge is 0.306 e. The predicted octanol–water partition coefficient (Wildman–Crippen LogP) is 6.19. The van der Waals surface area contributed by atoms with Crippen molar-refractivity contribution in [3.05, 3.63) is 54.7 Å². The highest BCUT2D eigenvalue weighted by Crippen LogP contribution is 2.27. The van der Waals surface area contributed by atoms with Gasteiger partial charge in [-0.3, -0.25) is 14.2 Å². The van der Waals surface area contributed by atoms with E-state index in [9.17, 15) is 4.79 Å². The van der Waals surface area contributed by atoms with Crippen molar-refractivity contribution in [2.75, 3.05) is 12.4 Å². The first-order valence-electron chi connectivity index (χ1n) is 11.7. The number of hydrogen-bond acceptors (Lipinski definition) is 6. The number of esters is 1. The topological polar surface area (TPSA) is 69.4 Å². The molecule has 0 saturated carbocycles. The van der Waals surface area contributed by atoms with Gasteiger partial charge in [0, 0.05) is 16.8 Å². The number of carbonyl (C=O) groups excluding carboxylic acids is 1. The number of thioether (sulfide) groups is 1. The summed E-state index contributed by atoms with van der Waals surface area (Å²) in [7, 11) is 0. The van der Waals surface area contributed by atoms with Gasteiger partial charge in [-0.2, -0.15) is 0 Å². The minimum Gasteiger partial charge on any atom is -0.465 e. The summed E-state index contributed by atoms with van der Waals surface area (Å²) in [6.07, 6.45) is 6.74. The number of aromatic nitrogens is 4. The first kappa shape index (κ1) is 23.2. The average Bonchev–Trinajstić information content (AvgIpc) is 3.29. The molecule has 0 bridgehead atoms. The molecule has 33 heavy (non-hydrogen) atoms. The Morgan fingerprint density at radius 3 is 2.82 bits per heavy atom. The Hall–Kier alpha value is -2.93. The summed E-state index contributed by atoms with van der Waals surface area (Å²) >= 11 is 1.67. The van der Waals surface area contributed by atoms with Gasteiger partial charge < -0.3 is 4.74 Å². The lowest BCUT2D eigenvalue weighted by Crippen LogP contribution is -2.14. The van der Waals surface area contributed by atoms with E-state index in [1.807, 2.05) is 28.7 Å². The van der Waals surface area contributed by atoms with Crippen molar-refractivity contribution in [1.29, 1.82) is 0 Å². The van der Waals surface area contributed by atoms with Gasteiger partial charge in [-0.15, -0.1) is 22.0 Å². The molecule has 1 unspecified atom stereocenters. The lowest BCUT2D eigenvalue weighted by molar-refractivity contribution is -0.144. The van der Waals surface area contributed by atoms with Crippen molar-refractivity contribution in [1.82, 2.24) is 19.6 Å². The molecule has 7 heteroatoms. The highest BCUT2D eigenvalue weighted by atomic mass is 32.2. The third-order valence-corrected chi connectivity index (χ3v) is 6.83. The number of benzene rings is 1. The number of carbonyl (C=O) groups is 1. The molecule has 1 atom stereocenters. The van der Waals surface area contributed by atoms with Crippen LogP contribution in [0.2, 0.25) is 0 Å². The third-order valence-electron chi connectivity index (χ3n) is 5.83. The van der Waals surface area contributed by atoms with Crippen LogP contribution in [-0.2, 0) is 9.53 Å². The minimum absolute atomic E-state index is 0.107. The van der Waals surface area contributed by atoms with Crippen LogP contribution in [0, 0.1) is 5.92 Å². The molecule has 0 saturated heterocycles.